The highest BCUT2D eigenvalue weighted by Crippen LogP contribution is 2.21. The van der Waals surface area contributed by atoms with Crippen LogP contribution in [0.25, 0.3) is 0 Å². The van der Waals surface area contributed by atoms with Crippen molar-refractivity contribution in [3.63, 3.8) is 0 Å². The average molecular weight is 235 g/mol. The highest BCUT2D eigenvalue weighted by molar-refractivity contribution is 5.10. The SMILES string of the molecule is CCCC1CCCN(Cc2nc(C)c(C)[nH]2)C1. The van der Waals surface area contributed by atoms with Gasteiger partial charge >= 0.3 is 0 Å². The zero-order valence-corrected chi connectivity index (χ0v) is 11.4. The Labute approximate surface area is 105 Å². The Morgan fingerprint density at radius 2 is 2.24 bits per heavy atom. The third-order valence-electron chi connectivity index (χ3n) is 3.85. The normalized spacial score (nSPS) is 21.9. The predicted molar refractivity (Wildman–Crippen MR) is 71.0 cm³/mol. The number of hydrogen-bond donors (Lipinski definition) is 1. The van der Waals surface area contributed by atoms with Crippen LogP contribution in [-0.4, -0.2) is 28.0 Å². The lowest BCUT2D eigenvalue weighted by atomic mass is 9.94. The molecular weight excluding hydrogens is 210 g/mol. The molecule has 3 heteroatoms. The minimum absolute atomic E-state index is 0.908. The van der Waals surface area contributed by atoms with Gasteiger partial charge in [-0.3, -0.25) is 4.90 Å². The third kappa shape index (κ3) is 3.32. The largest absolute Gasteiger partial charge is 0.345 e. The Bertz CT molecular complexity index is 335. The van der Waals surface area contributed by atoms with Crippen molar-refractivity contribution in [3.8, 4) is 0 Å². The van der Waals surface area contributed by atoms with Crippen LogP contribution in [0.2, 0.25) is 0 Å². The fourth-order valence-corrected chi connectivity index (χ4v) is 2.85. The molecule has 0 aromatic carbocycles. The first-order valence-electron chi connectivity index (χ1n) is 6.93. The second-order valence-corrected chi connectivity index (χ2v) is 5.43. The number of aromatic amines is 1. The van der Waals surface area contributed by atoms with Crippen molar-refractivity contribution in [3.05, 3.63) is 17.2 Å². The van der Waals surface area contributed by atoms with Crippen molar-refractivity contribution in [2.45, 2.75) is 53.0 Å². The monoisotopic (exact) mass is 235 g/mol. The fourth-order valence-electron chi connectivity index (χ4n) is 2.85. The first-order chi connectivity index (χ1) is 8.19. The Balaban J connectivity index is 1.90. The molecule has 0 radical (unpaired) electrons. The average Bonchev–Trinajstić information content (AvgIpc) is 2.59. The number of likely N-dealkylation sites (tertiary alicyclic amines) is 1. The Hall–Kier alpha value is -0.830. The second kappa shape index (κ2) is 5.67. The molecule has 2 rings (SSSR count). The number of aromatic nitrogens is 2. The van der Waals surface area contributed by atoms with Crippen LogP contribution in [0.1, 0.15) is 49.8 Å². The van der Waals surface area contributed by atoms with Crippen molar-refractivity contribution in [1.29, 1.82) is 0 Å². The highest BCUT2D eigenvalue weighted by Gasteiger charge is 2.20. The maximum atomic E-state index is 4.58. The van der Waals surface area contributed by atoms with Crippen LogP contribution in [0, 0.1) is 19.8 Å². The quantitative estimate of drug-likeness (QED) is 0.870. The van der Waals surface area contributed by atoms with Crippen molar-refractivity contribution in [1.82, 2.24) is 14.9 Å². The van der Waals surface area contributed by atoms with Crippen molar-refractivity contribution in [2.24, 2.45) is 5.92 Å². The van der Waals surface area contributed by atoms with Crippen LogP contribution in [0.5, 0.6) is 0 Å². The molecule has 2 heterocycles. The van der Waals surface area contributed by atoms with Crippen molar-refractivity contribution >= 4 is 0 Å². The number of aryl methyl sites for hydroxylation is 2. The molecule has 17 heavy (non-hydrogen) atoms. The maximum absolute atomic E-state index is 4.58. The van der Waals surface area contributed by atoms with Crippen LogP contribution < -0.4 is 0 Å². The fraction of sp³-hybridized carbons (Fsp3) is 0.786. The minimum atomic E-state index is 0.908. The molecule has 1 aliphatic heterocycles. The van der Waals surface area contributed by atoms with E-state index in [1.807, 2.05) is 0 Å². The van der Waals surface area contributed by atoms with E-state index in [4.69, 9.17) is 0 Å². The number of imidazole rings is 1. The molecule has 0 bridgehead atoms. The standard InChI is InChI=1S/C14H25N3/c1-4-6-13-7-5-8-17(9-13)10-14-15-11(2)12(3)16-14/h13H,4-10H2,1-3H3,(H,15,16). The van der Waals surface area contributed by atoms with Gasteiger partial charge < -0.3 is 4.98 Å². The molecule has 1 aromatic heterocycles. The van der Waals surface area contributed by atoms with Crippen LogP contribution in [0.15, 0.2) is 0 Å². The van der Waals surface area contributed by atoms with Gasteiger partial charge in [0.15, 0.2) is 0 Å². The number of nitrogens with one attached hydrogen (secondary N) is 1. The van der Waals surface area contributed by atoms with E-state index in [0.29, 0.717) is 0 Å². The molecule has 1 saturated heterocycles. The molecular formula is C14H25N3. The Morgan fingerprint density at radius 1 is 1.41 bits per heavy atom. The molecule has 1 N–H and O–H groups in total. The summed E-state index contributed by atoms with van der Waals surface area (Å²) in [7, 11) is 0. The van der Waals surface area contributed by atoms with E-state index in [0.717, 1.165) is 24.0 Å². The van der Waals surface area contributed by atoms with Gasteiger partial charge in [0, 0.05) is 12.2 Å². The van der Waals surface area contributed by atoms with E-state index in [9.17, 15) is 0 Å². The number of piperidine rings is 1. The zero-order valence-electron chi connectivity index (χ0n) is 11.4. The second-order valence-electron chi connectivity index (χ2n) is 5.43. The molecule has 0 spiro atoms. The molecule has 1 atom stereocenters. The van der Waals surface area contributed by atoms with Gasteiger partial charge in [-0.1, -0.05) is 13.3 Å². The van der Waals surface area contributed by atoms with Gasteiger partial charge in [-0.2, -0.15) is 0 Å². The molecule has 96 valence electrons. The summed E-state index contributed by atoms with van der Waals surface area (Å²) in [5.74, 6) is 2.04. The van der Waals surface area contributed by atoms with Crippen LogP contribution in [0.4, 0.5) is 0 Å². The number of H-pyrrole nitrogens is 1. The van der Waals surface area contributed by atoms with E-state index < -0.39 is 0 Å². The van der Waals surface area contributed by atoms with E-state index in [2.05, 4.69) is 35.6 Å². The van der Waals surface area contributed by atoms with Crippen LogP contribution in [-0.2, 0) is 6.54 Å². The van der Waals surface area contributed by atoms with Crippen LogP contribution in [0.3, 0.4) is 0 Å². The third-order valence-corrected chi connectivity index (χ3v) is 3.85. The number of rotatable bonds is 4. The maximum Gasteiger partial charge on any atom is 0.120 e. The molecule has 0 saturated carbocycles. The summed E-state index contributed by atoms with van der Waals surface area (Å²) in [6.07, 6.45) is 5.47. The molecule has 0 aliphatic carbocycles. The first-order valence-corrected chi connectivity index (χ1v) is 6.93. The van der Waals surface area contributed by atoms with Gasteiger partial charge in [-0.05, 0) is 45.6 Å². The van der Waals surface area contributed by atoms with Gasteiger partial charge in [0.2, 0.25) is 0 Å². The number of nitrogens with zero attached hydrogens (tertiary/aromatic N) is 2. The Kier molecular flexibility index (Phi) is 4.21. The van der Waals surface area contributed by atoms with E-state index in [-0.39, 0.29) is 0 Å². The topological polar surface area (TPSA) is 31.9 Å². The van der Waals surface area contributed by atoms with Gasteiger partial charge in [-0.15, -0.1) is 0 Å². The predicted octanol–water partition coefficient (Wildman–Crippen LogP) is 3.04. The van der Waals surface area contributed by atoms with E-state index in [1.165, 1.54) is 44.5 Å². The minimum Gasteiger partial charge on any atom is -0.345 e. The lowest BCUT2D eigenvalue weighted by molar-refractivity contribution is 0.158. The molecule has 0 amide bonds. The molecule has 3 nitrogen and oxygen atoms in total. The Morgan fingerprint density at radius 3 is 2.88 bits per heavy atom. The first kappa shape index (κ1) is 12.6. The van der Waals surface area contributed by atoms with Gasteiger partial charge in [0.25, 0.3) is 0 Å². The van der Waals surface area contributed by atoms with Crippen molar-refractivity contribution < 1.29 is 0 Å². The molecule has 1 aromatic rings. The lowest BCUT2D eigenvalue weighted by Crippen LogP contribution is -2.35. The summed E-state index contributed by atoms with van der Waals surface area (Å²) in [6, 6.07) is 0. The smallest absolute Gasteiger partial charge is 0.120 e. The number of hydrogen-bond acceptors (Lipinski definition) is 2. The lowest BCUT2D eigenvalue weighted by Gasteiger charge is -2.32. The summed E-state index contributed by atoms with van der Waals surface area (Å²) >= 11 is 0. The van der Waals surface area contributed by atoms with Crippen molar-refractivity contribution in [2.75, 3.05) is 13.1 Å². The van der Waals surface area contributed by atoms with Gasteiger partial charge in [0.1, 0.15) is 5.82 Å². The zero-order chi connectivity index (χ0) is 12.3. The molecule has 1 unspecified atom stereocenters. The highest BCUT2D eigenvalue weighted by atomic mass is 15.2. The summed E-state index contributed by atoms with van der Waals surface area (Å²) in [5, 5.41) is 0. The summed E-state index contributed by atoms with van der Waals surface area (Å²) in [5.41, 5.74) is 2.35. The van der Waals surface area contributed by atoms with E-state index >= 15 is 0 Å². The van der Waals surface area contributed by atoms with Gasteiger partial charge in [0.05, 0.1) is 12.2 Å². The van der Waals surface area contributed by atoms with E-state index in [1.54, 1.807) is 0 Å². The van der Waals surface area contributed by atoms with Crippen LogP contribution >= 0.6 is 0 Å². The summed E-state index contributed by atoms with van der Waals surface area (Å²) in [6.45, 7) is 9.95. The summed E-state index contributed by atoms with van der Waals surface area (Å²) in [4.78, 5) is 10.5. The summed E-state index contributed by atoms with van der Waals surface area (Å²) < 4.78 is 0. The van der Waals surface area contributed by atoms with Gasteiger partial charge in [-0.25, -0.2) is 4.98 Å². The molecule has 1 fully saturated rings. The molecule has 1 aliphatic rings.